The first-order valence-corrected chi connectivity index (χ1v) is 5.87. The third-order valence-corrected chi connectivity index (χ3v) is 1.22. The zero-order valence-corrected chi connectivity index (χ0v) is 11.4. The van der Waals surface area contributed by atoms with Crippen LogP contribution in [0.2, 0.25) is 0 Å². The largest absolute Gasteiger partial charge is 0.465 e. The van der Waals surface area contributed by atoms with Crippen molar-refractivity contribution in [1.82, 2.24) is 0 Å². The van der Waals surface area contributed by atoms with E-state index in [4.69, 9.17) is 9.47 Å². The van der Waals surface area contributed by atoms with E-state index in [2.05, 4.69) is 6.58 Å². The summed E-state index contributed by atoms with van der Waals surface area (Å²) in [5, 5.41) is 0. The smallest absolute Gasteiger partial charge is 0.317 e. The molecule has 17 heavy (non-hydrogen) atoms. The predicted octanol–water partition coefficient (Wildman–Crippen LogP) is 2.87. The number of hydrogen-bond acceptors (Lipinski definition) is 4. The zero-order valence-electron chi connectivity index (χ0n) is 11.4. The fourth-order valence-corrected chi connectivity index (χ4v) is 0.652. The average Bonchev–Trinajstić information content (AvgIpc) is 2.22. The zero-order chi connectivity index (χ0) is 13.7. The van der Waals surface area contributed by atoms with Crippen LogP contribution in [0, 0.1) is 0 Å². The van der Waals surface area contributed by atoms with Crippen LogP contribution in [0.3, 0.4) is 0 Å². The molecule has 0 N–H and O–H groups in total. The maximum atomic E-state index is 10.9. The molecule has 0 aromatic rings. The Balaban J connectivity index is 0. The minimum Gasteiger partial charge on any atom is -0.465 e. The second-order valence-electron chi connectivity index (χ2n) is 3.82. The molecule has 0 radical (unpaired) electrons. The molecule has 0 aliphatic carbocycles. The predicted molar refractivity (Wildman–Crippen MR) is 67.6 cm³/mol. The molecule has 0 heterocycles. The molecule has 100 valence electrons. The summed E-state index contributed by atoms with van der Waals surface area (Å²) in [6, 6.07) is 0. The van der Waals surface area contributed by atoms with Crippen LogP contribution < -0.4 is 0 Å². The highest BCUT2D eigenvalue weighted by Crippen LogP contribution is 1.92. The molecule has 0 amide bonds. The third-order valence-electron chi connectivity index (χ3n) is 1.22. The summed E-state index contributed by atoms with van der Waals surface area (Å²) in [6.45, 7) is 12.0. The summed E-state index contributed by atoms with van der Waals surface area (Å²) >= 11 is 0. The lowest BCUT2D eigenvalue weighted by atomic mass is 10.4. The maximum Gasteiger partial charge on any atom is 0.317 e. The molecule has 4 heteroatoms. The third kappa shape index (κ3) is 20.7. The van der Waals surface area contributed by atoms with Gasteiger partial charge in [0, 0.05) is 0 Å². The van der Waals surface area contributed by atoms with E-state index in [1.807, 2.05) is 27.7 Å². The second kappa shape index (κ2) is 12.7. The topological polar surface area (TPSA) is 52.6 Å². The van der Waals surface area contributed by atoms with E-state index in [0.717, 1.165) is 12.8 Å². The van der Waals surface area contributed by atoms with E-state index in [1.165, 1.54) is 5.57 Å². The van der Waals surface area contributed by atoms with Gasteiger partial charge in [-0.3, -0.25) is 9.59 Å². The lowest BCUT2D eigenvalue weighted by Crippen LogP contribution is -2.14. The summed E-state index contributed by atoms with van der Waals surface area (Å²) in [6.07, 6.45) is 1.24. The van der Waals surface area contributed by atoms with E-state index in [0.29, 0.717) is 13.2 Å². The van der Waals surface area contributed by atoms with Crippen molar-refractivity contribution in [2.45, 2.75) is 47.0 Å². The van der Waals surface area contributed by atoms with Crippen LogP contribution in [-0.4, -0.2) is 25.2 Å². The quantitative estimate of drug-likeness (QED) is 0.409. The first-order valence-electron chi connectivity index (χ1n) is 5.87. The molecule has 0 aromatic heterocycles. The molecule has 0 rings (SSSR count). The molecule has 0 spiro atoms. The van der Waals surface area contributed by atoms with Crippen LogP contribution in [0.25, 0.3) is 0 Å². The first-order chi connectivity index (χ1) is 7.93. The van der Waals surface area contributed by atoms with E-state index in [-0.39, 0.29) is 6.42 Å². The maximum absolute atomic E-state index is 10.9. The van der Waals surface area contributed by atoms with Gasteiger partial charge in [0.1, 0.15) is 6.42 Å². The van der Waals surface area contributed by atoms with Crippen LogP contribution in [0.5, 0.6) is 0 Å². The number of carbonyl (C=O) groups excluding carboxylic acids is 2. The van der Waals surface area contributed by atoms with Gasteiger partial charge in [0.05, 0.1) is 13.2 Å². The Hall–Kier alpha value is -1.32. The fourth-order valence-electron chi connectivity index (χ4n) is 0.652. The van der Waals surface area contributed by atoms with Crippen molar-refractivity contribution in [3.8, 4) is 0 Å². The molecule has 0 unspecified atom stereocenters. The molecule has 0 aliphatic rings. The van der Waals surface area contributed by atoms with E-state index < -0.39 is 11.9 Å². The van der Waals surface area contributed by atoms with Gasteiger partial charge in [0.2, 0.25) is 0 Å². The minimum absolute atomic E-state index is 0.278. The Morgan fingerprint density at radius 3 is 1.47 bits per heavy atom. The summed E-state index contributed by atoms with van der Waals surface area (Å²) in [5.41, 5.74) is 1.17. The number of rotatable bonds is 6. The Morgan fingerprint density at radius 2 is 1.24 bits per heavy atom. The van der Waals surface area contributed by atoms with Crippen molar-refractivity contribution in [3.63, 3.8) is 0 Å². The van der Waals surface area contributed by atoms with Crippen LogP contribution in [-0.2, 0) is 19.1 Å². The number of hydrogen-bond donors (Lipinski definition) is 0. The van der Waals surface area contributed by atoms with Crippen molar-refractivity contribution in [1.29, 1.82) is 0 Å². The number of carbonyl (C=O) groups is 2. The van der Waals surface area contributed by atoms with Gasteiger partial charge in [-0.15, -0.1) is 6.58 Å². The van der Waals surface area contributed by atoms with Gasteiger partial charge in [0.25, 0.3) is 0 Å². The van der Waals surface area contributed by atoms with Crippen LogP contribution in [0.4, 0.5) is 0 Å². The van der Waals surface area contributed by atoms with E-state index in [9.17, 15) is 9.59 Å². The van der Waals surface area contributed by atoms with Crippen molar-refractivity contribution in [2.75, 3.05) is 13.2 Å². The van der Waals surface area contributed by atoms with Gasteiger partial charge in [-0.1, -0.05) is 19.4 Å². The summed E-state index contributed by atoms with van der Waals surface area (Å²) in [7, 11) is 0. The normalized spacial score (nSPS) is 8.71. The van der Waals surface area contributed by atoms with Crippen molar-refractivity contribution < 1.29 is 19.1 Å². The van der Waals surface area contributed by atoms with Crippen LogP contribution in [0.15, 0.2) is 12.2 Å². The molecule has 0 saturated heterocycles. The van der Waals surface area contributed by atoms with Gasteiger partial charge >= 0.3 is 11.9 Å². The first kappa shape index (κ1) is 18.1. The van der Waals surface area contributed by atoms with Crippen molar-refractivity contribution >= 4 is 11.9 Å². The monoisotopic (exact) mass is 244 g/mol. The van der Waals surface area contributed by atoms with Gasteiger partial charge in [0.15, 0.2) is 0 Å². The van der Waals surface area contributed by atoms with E-state index >= 15 is 0 Å². The summed E-state index contributed by atoms with van der Waals surface area (Å²) < 4.78 is 9.40. The average molecular weight is 244 g/mol. The summed E-state index contributed by atoms with van der Waals surface area (Å²) in [4.78, 5) is 21.7. The molecule has 0 aromatic carbocycles. The lowest BCUT2D eigenvalue weighted by molar-refractivity contribution is -0.154. The van der Waals surface area contributed by atoms with E-state index in [1.54, 1.807) is 0 Å². The standard InChI is InChI=1S/C9H16O4.C4H8/c1-3-5-12-8(10)7-9(11)13-6-4-2;1-4(2)3/h3-7H2,1-2H3;1H2,2-3H3. The fraction of sp³-hybridized carbons (Fsp3) is 0.692. The van der Waals surface area contributed by atoms with Crippen LogP contribution in [0.1, 0.15) is 47.0 Å². The van der Waals surface area contributed by atoms with Crippen LogP contribution >= 0.6 is 0 Å². The van der Waals surface area contributed by atoms with Gasteiger partial charge in [-0.25, -0.2) is 0 Å². The van der Waals surface area contributed by atoms with Crippen molar-refractivity contribution in [3.05, 3.63) is 12.2 Å². The van der Waals surface area contributed by atoms with Gasteiger partial charge in [-0.2, -0.15) is 0 Å². The highest BCUT2D eigenvalue weighted by atomic mass is 16.6. The second-order valence-corrected chi connectivity index (χ2v) is 3.82. The molecule has 0 atom stereocenters. The molecule has 0 saturated carbocycles. The Bertz CT molecular complexity index is 212. The SMILES string of the molecule is C=C(C)C.CCCOC(=O)CC(=O)OCCC. The molecule has 0 bridgehead atoms. The molecule has 0 aliphatic heterocycles. The number of ether oxygens (including phenoxy) is 2. The summed E-state index contributed by atoms with van der Waals surface area (Å²) in [5.74, 6) is -1.02. The Kier molecular flexibility index (Phi) is 13.5. The highest BCUT2D eigenvalue weighted by Gasteiger charge is 2.10. The molecular weight excluding hydrogens is 220 g/mol. The Morgan fingerprint density at radius 1 is 0.941 bits per heavy atom. The lowest BCUT2D eigenvalue weighted by Gasteiger charge is -2.03. The minimum atomic E-state index is -0.511. The van der Waals surface area contributed by atoms with Gasteiger partial charge in [-0.05, 0) is 26.7 Å². The van der Waals surface area contributed by atoms with Crippen molar-refractivity contribution in [2.24, 2.45) is 0 Å². The van der Waals surface area contributed by atoms with Gasteiger partial charge < -0.3 is 9.47 Å². The molecular formula is C13H24O4. The number of allylic oxidation sites excluding steroid dienone is 1. The highest BCUT2D eigenvalue weighted by molar-refractivity contribution is 5.91. The number of esters is 2. The molecule has 4 nitrogen and oxygen atoms in total. The Labute approximate surface area is 104 Å². The molecule has 0 fully saturated rings.